The van der Waals surface area contributed by atoms with Crippen LogP contribution in [0.1, 0.15) is 65.2 Å². The molecule has 0 radical (unpaired) electrons. The number of rotatable bonds is 0. The largest absolute Gasteiger partial charge is 0.333 e. The van der Waals surface area contributed by atoms with Gasteiger partial charge in [0.2, 0.25) is 0 Å². The standard InChI is InChI=1S/C16H28N2.C2H6.CH5N.2Ar/c1-3-7-15-13(5-1)11-17-9-10-18(15)12-14-6-2-4-8-16(14)17;2*1-2;;/h13-16H,1-12H2;1-2H3;2H2,1H3;;. The fourth-order valence-electron chi connectivity index (χ4n) is 5.41. The van der Waals surface area contributed by atoms with Crippen molar-refractivity contribution in [2.75, 3.05) is 33.2 Å². The Morgan fingerprint density at radius 3 is 1.33 bits per heavy atom. The number of nitrogens with two attached hydrogens (primary N) is 1. The van der Waals surface area contributed by atoms with Crippen LogP contribution in [0.25, 0.3) is 0 Å². The molecule has 0 aromatic carbocycles. The van der Waals surface area contributed by atoms with Gasteiger partial charge in [0.25, 0.3) is 0 Å². The maximum Gasteiger partial charge on any atom is 0.0136 e. The SMILES string of the molecule is C1CCC2C(C1)CN1CCN2CC2CCCCC21.CC.CN.[Ar].[Ar]. The Labute approximate surface area is 210 Å². The minimum atomic E-state index is 0. The molecule has 4 rings (SSSR count). The molecule has 0 aromatic rings. The van der Waals surface area contributed by atoms with Gasteiger partial charge in [-0.1, -0.05) is 39.5 Å². The maximum atomic E-state index is 4.50. The number of hydrogen-bond donors (Lipinski definition) is 1. The Morgan fingerprint density at radius 2 is 0.958 bits per heavy atom. The fourth-order valence-corrected chi connectivity index (χ4v) is 5.41. The quantitative estimate of drug-likeness (QED) is 0.690. The van der Waals surface area contributed by atoms with Crippen molar-refractivity contribution in [1.29, 1.82) is 0 Å². The molecule has 4 aliphatic rings. The summed E-state index contributed by atoms with van der Waals surface area (Å²) >= 11 is 0. The van der Waals surface area contributed by atoms with E-state index in [4.69, 9.17) is 0 Å². The van der Waals surface area contributed by atoms with Crippen molar-refractivity contribution in [2.24, 2.45) is 17.6 Å². The third kappa shape index (κ3) is 6.48. The van der Waals surface area contributed by atoms with Gasteiger partial charge in [-0.15, -0.1) is 0 Å². The predicted octanol–water partition coefficient (Wildman–Crippen LogP) is 3.34. The zero-order chi connectivity index (χ0) is 15.9. The Morgan fingerprint density at radius 1 is 0.625 bits per heavy atom. The van der Waals surface area contributed by atoms with Gasteiger partial charge in [-0.2, -0.15) is 0 Å². The fraction of sp³-hybridized carbons (Fsp3) is 1.00. The summed E-state index contributed by atoms with van der Waals surface area (Å²) in [7, 11) is 1.50. The molecular formula is C19H39Ar2N3. The molecule has 4 fully saturated rings. The molecule has 2 N–H and O–H groups in total. The minimum absolute atomic E-state index is 0. The Balaban J connectivity index is 0.000000826. The van der Waals surface area contributed by atoms with Crippen LogP contribution in [-0.2, 0) is 0 Å². The topological polar surface area (TPSA) is 32.5 Å². The van der Waals surface area contributed by atoms with E-state index in [9.17, 15) is 0 Å². The zero-order valence-corrected chi connectivity index (χ0v) is 17.4. The van der Waals surface area contributed by atoms with E-state index in [1.165, 1.54) is 84.6 Å². The summed E-state index contributed by atoms with van der Waals surface area (Å²) in [5, 5.41) is 0. The van der Waals surface area contributed by atoms with Gasteiger partial charge in [-0.25, -0.2) is 0 Å². The summed E-state index contributed by atoms with van der Waals surface area (Å²) in [6, 6.07) is 1.90. The summed E-state index contributed by atoms with van der Waals surface area (Å²) in [5.41, 5.74) is 4.50. The second-order valence-corrected chi connectivity index (χ2v) is 7.21. The summed E-state index contributed by atoms with van der Waals surface area (Å²) in [6.07, 6.45) is 12.0. The molecule has 6 atom stereocenters. The van der Waals surface area contributed by atoms with Crippen LogP contribution in [0.15, 0.2) is 0 Å². The van der Waals surface area contributed by atoms with E-state index >= 15 is 0 Å². The van der Waals surface area contributed by atoms with E-state index in [0.717, 1.165) is 23.9 Å². The second kappa shape index (κ2) is 14.4. The van der Waals surface area contributed by atoms with Gasteiger partial charge in [0, 0.05) is 114 Å². The van der Waals surface area contributed by atoms with Crippen LogP contribution < -0.4 is 5.73 Å². The Hall–Kier alpha value is 2.40. The second-order valence-electron chi connectivity index (χ2n) is 7.21. The molecule has 6 unspecified atom stereocenters. The van der Waals surface area contributed by atoms with Crippen molar-refractivity contribution >= 4 is 0 Å². The third-order valence-corrected chi connectivity index (χ3v) is 6.29. The summed E-state index contributed by atoms with van der Waals surface area (Å²) in [4.78, 5) is 5.83. The molecule has 0 aromatic heterocycles. The van der Waals surface area contributed by atoms with Gasteiger partial charge < -0.3 is 5.73 Å². The summed E-state index contributed by atoms with van der Waals surface area (Å²) in [6.45, 7) is 9.60. The summed E-state index contributed by atoms with van der Waals surface area (Å²) in [5.74, 6) is 2.01. The van der Waals surface area contributed by atoms with Crippen molar-refractivity contribution in [2.45, 2.75) is 77.3 Å². The molecule has 2 heterocycles. The average molecular weight is 389 g/mol. The predicted molar refractivity (Wildman–Crippen MR) is 96.1 cm³/mol. The molecule has 0 spiro atoms. The van der Waals surface area contributed by atoms with Crippen molar-refractivity contribution in [3.63, 3.8) is 0 Å². The van der Waals surface area contributed by atoms with Crippen LogP contribution in [0.4, 0.5) is 0 Å². The van der Waals surface area contributed by atoms with Crippen LogP contribution in [0.2, 0.25) is 0 Å². The van der Waals surface area contributed by atoms with E-state index in [-0.39, 0.29) is 75.5 Å². The Bertz CT molecular complexity index is 287. The third-order valence-electron chi connectivity index (χ3n) is 6.29. The number of hydrogen-bond acceptors (Lipinski definition) is 3. The van der Waals surface area contributed by atoms with Crippen molar-refractivity contribution in [3.8, 4) is 0 Å². The zero-order valence-electron chi connectivity index (χ0n) is 16.0. The first-order valence-electron chi connectivity index (χ1n) is 9.97. The Kier molecular flexibility index (Phi) is 15.8. The molecule has 2 saturated carbocycles. The normalized spacial score (nSPS) is 39.5. The van der Waals surface area contributed by atoms with Crippen molar-refractivity contribution < 1.29 is 75.5 Å². The van der Waals surface area contributed by atoms with E-state index in [0.29, 0.717) is 0 Å². The molecule has 2 saturated heterocycles. The molecule has 3 nitrogen and oxygen atoms in total. The minimum Gasteiger partial charge on any atom is -0.333 e. The van der Waals surface area contributed by atoms with Crippen LogP contribution in [0.3, 0.4) is 0 Å². The molecule has 2 aliphatic carbocycles. The molecule has 0 amide bonds. The van der Waals surface area contributed by atoms with Gasteiger partial charge in [0.15, 0.2) is 0 Å². The van der Waals surface area contributed by atoms with Gasteiger partial charge in [0.1, 0.15) is 0 Å². The monoisotopic (exact) mass is 389 g/mol. The molecular weight excluding hydrogens is 350 g/mol. The van der Waals surface area contributed by atoms with Crippen molar-refractivity contribution in [3.05, 3.63) is 0 Å². The smallest absolute Gasteiger partial charge is 0.0136 e. The first-order chi connectivity index (χ1) is 10.9. The molecule has 2 bridgehead atoms. The molecule has 146 valence electrons. The number of nitrogens with zero attached hydrogens (tertiary/aromatic N) is 2. The summed E-state index contributed by atoms with van der Waals surface area (Å²) < 4.78 is 0. The van der Waals surface area contributed by atoms with Gasteiger partial charge in [0.05, 0.1) is 0 Å². The molecule has 24 heavy (non-hydrogen) atoms. The van der Waals surface area contributed by atoms with Crippen molar-refractivity contribution in [1.82, 2.24) is 9.80 Å². The van der Waals surface area contributed by atoms with E-state index in [2.05, 4.69) is 15.5 Å². The van der Waals surface area contributed by atoms with Gasteiger partial charge >= 0.3 is 0 Å². The first-order valence-corrected chi connectivity index (χ1v) is 9.97. The van der Waals surface area contributed by atoms with E-state index in [1.807, 2.05) is 13.8 Å². The first kappa shape index (κ1) is 26.4. The number of fused-ring (bicyclic) bond motifs is 7. The van der Waals surface area contributed by atoms with Crippen LogP contribution in [-0.4, -0.2) is 55.1 Å². The van der Waals surface area contributed by atoms with Crippen LogP contribution >= 0.6 is 0 Å². The van der Waals surface area contributed by atoms with E-state index in [1.54, 1.807) is 0 Å². The van der Waals surface area contributed by atoms with E-state index < -0.39 is 0 Å². The molecule has 5 heteroatoms. The van der Waals surface area contributed by atoms with Gasteiger partial charge in [-0.3, -0.25) is 9.80 Å². The van der Waals surface area contributed by atoms with Gasteiger partial charge in [-0.05, 0) is 44.6 Å². The average Bonchev–Trinajstić information content (AvgIpc) is 2.89. The maximum absolute atomic E-state index is 4.50. The van der Waals surface area contributed by atoms with Crippen LogP contribution in [0.5, 0.6) is 0 Å². The van der Waals surface area contributed by atoms with Crippen LogP contribution in [0, 0.1) is 87.3 Å². The molecule has 2 aliphatic heterocycles.